The van der Waals surface area contributed by atoms with E-state index in [0.29, 0.717) is 36.6 Å². The van der Waals surface area contributed by atoms with Crippen molar-refractivity contribution in [3.63, 3.8) is 0 Å². The Balaban J connectivity index is 1.85. The van der Waals surface area contributed by atoms with Crippen molar-refractivity contribution in [2.45, 2.75) is 51.8 Å². The number of ether oxygens (including phenoxy) is 1. The third-order valence-electron chi connectivity index (χ3n) is 3.66. The monoisotopic (exact) mass is 296 g/mol. The van der Waals surface area contributed by atoms with Crippen molar-refractivity contribution in [2.75, 3.05) is 20.2 Å². The van der Waals surface area contributed by atoms with Gasteiger partial charge in [0.25, 0.3) is 0 Å². The third-order valence-corrected chi connectivity index (χ3v) is 3.66. The summed E-state index contributed by atoms with van der Waals surface area (Å²) < 4.78 is 10.3. The van der Waals surface area contributed by atoms with Gasteiger partial charge < -0.3 is 19.5 Å². The predicted octanol–water partition coefficient (Wildman–Crippen LogP) is 0.918. The topological polar surface area (TPSA) is 80.5 Å². The molecule has 1 aliphatic rings. The largest absolute Gasteiger partial charge is 0.374 e. The summed E-state index contributed by atoms with van der Waals surface area (Å²) in [6.07, 6.45) is 0.658. The van der Waals surface area contributed by atoms with Gasteiger partial charge in [0.1, 0.15) is 6.10 Å². The summed E-state index contributed by atoms with van der Waals surface area (Å²) in [5, 5.41) is 7.27. The van der Waals surface area contributed by atoms with Gasteiger partial charge in [-0.3, -0.25) is 4.79 Å². The van der Waals surface area contributed by atoms with E-state index in [1.54, 1.807) is 7.11 Å². The molecule has 0 saturated carbocycles. The van der Waals surface area contributed by atoms with E-state index in [-0.39, 0.29) is 12.0 Å². The van der Waals surface area contributed by atoms with Gasteiger partial charge in [0.05, 0.1) is 0 Å². The number of methoxy groups -OCH3 is 1. The van der Waals surface area contributed by atoms with Gasteiger partial charge in [-0.1, -0.05) is 5.16 Å². The van der Waals surface area contributed by atoms with Gasteiger partial charge in [-0.05, 0) is 20.8 Å². The van der Waals surface area contributed by atoms with Gasteiger partial charge in [0.15, 0.2) is 5.82 Å². The molecule has 3 atom stereocenters. The van der Waals surface area contributed by atoms with Crippen LogP contribution in [-0.2, 0) is 16.0 Å². The SMILES string of the molecule is CO[C@@H](C)c1noc(CCC(=O)N2C[C@@H](C)N[C@@H](C)C2)n1. The predicted molar refractivity (Wildman–Crippen MR) is 76.7 cm³/mol. The lowest BCUT2D eigenvalue weighted by Gasteiger charge is -2.36. The molecule has 0 spiro atoms. The Morgan fingerprint density at radius 3 is 2.76 bits per heavy atom. The van der Waals surface area contributed by atoms with Crippen LogP contribution in [0.2, 0.25) is 0 Å². The number of carbonyl (C=O) groups is 1. The third kappa shape index (κ3) is 4.25. The molecule has 118 valence electrons. The second-order valence-corrected chi connectivity index (χ2v) is 5.69. The lowest BCUT2D eigenvalue weighted by Crippen LogP contribution is -2.55. The molecule has 1 aromatic heterocycles. The Labute approximate surface area is 125 Å². The van der Waals surface area contributed by atoms with Crippen molar-refractivity contribution in [3.8, 4) is 0 Å². The van der Waals surface area contributed by atoms with E-state index in [1.807, 2.05) is 11.8 Å². The van der Waals surface area contributed by atoms with Crippen LogP contribution in [0.4, 0.5) is 0 Å². The zero-order valence-electron chi connectivity index (χ0n) is 13.1. The van der Waals surface area contributed by atoms with Crippen LogP contribution in [0.5, 0.6) is 0 Å². The zero-order valence-corrected chi connectivity index (χ0v) is 13.1. The molecule has 7 heteroatoms. The average molecular weight is 296 g/mol. The van der Waals surface area contributed by atoms with Crippen LogP contribution in [0.25, 0.3) is 0 Å². The summed E-state index contributed by atoms with van der Waals surface area (Å²) in [6.45, 7) is 7.53. The van der Waals surface area contributed by atoms with Crippen molar-refractivity contribution in [3.05, 3.63) is 11.7 Å². The van der Waals surface area contributed by atoms with Crippen molar-refractivity contribution >= 4 is 5.91 Å². The summed E-state index contributed by atoms with van der Waals surface area (Å²) in [4.78, 5) is 18.4. The molecular weight excluding hydrogens is 272 g/mol. The molecular formula is C14H24N4O3. The molecule has 1 fully saturated rings. The van der Waals surface area contributed by atoms with E-state index in [1.165, 1.54) is 0 Å². The van der Waals surface area contributed by atoms with Crippen LogP contribution < -0.4 is 5.32 Å². The van der Waals surface area contributed by atoms with Gasteiger partial charge in [0, 0.05) is 45.1 Å². The number of carbonyl (C=O) groups excluding carboxylic acids is 1. The zero-order chi connectivity index (χ0) is 15.4. The second-order valence-electron chi connectivity index (χ2n) is 5.69. The lowest BCUT2D eigenvalue weighted by molar-refractivity contribution is -0.133. The first kappa shape index (κ1) is 15.9. The Morgan fingerprint density at radius 2 is 2.14 bits per heavy atom. The molecule has 2 heterocycles. The van der Waals surface area contributed by atoms with Crippen molar-refractivity contribution < 1.29 is 14.1 Å². The molecule has 0 unspecified atom stereocenters. The molecule has 7 nitrogen and oxygen atoms in total. The minimum Gasteiger partial charge on any atom is -0.374 e. The van der Waals surface area contributed by atoms with Gasteiger partial charge in [-0.15, -0.1) is 0 Å². The number of hydrogen-bond acceptors (Lipinski definition) is 6. The minimum atomic E-state index is -0.201. The first-order valence-electron chi connectivity index (χ1n) is 7.38. The standard InChI is InChI=1S/C14H24N4O3/c1-9-7-18(8-10(2)15-9)13(19)6-5-12-16-14(17-21-12)11(3)20-4/h9-11,15H,5-8H2,1-4H3/t9-,10+,11-/m0/s1. The number of amides is 1. The van der Waals surface area contributed by atoms with E-state index in [9.17, 15) is 4.79 Å². The average Bonchev–Trinajstić information content (AvgIpc) is 2.91. The number of rotatable bonds is 5. The summed E-state index contributed by atoms with van der Waals surface area (Å²) >= 11 is 0. The molecule has 0 bridgehead atoms. The maximum atomic E-state index is 12.2. The highest BCUT2D eigenvalue weighted by Gasteiger charge is 2.25. The van der Waals surface area contributed by atoms with Gasteiger partial charge in [0.2, 0.25) is 11.8 Å². The molecule has 1 saturated heterocycles. The Bertz CT molecular complexity index is 467. The van der Waals surface area contributed by atoms with Crippen molar-refractivity contribution in [2.24, 2.45) is 0 Å². The highest BCUT2D eigenvalue weighted by atomic mass is 16.5. The molecule has 1 aliphatic heterocycles. The van der Waals surface area contributed by atoms with E-state index >= 15 is 0 Å². The van der Waals surface area contributed by atoms with E-state index in [4.69, 9.17) is 9.26 Å². The highest BCUT2D eigenvalue weighted by molar-refractivity contribution is 5.76. The summed E-state index contributed by atoms with van der Waals surface area (Å²) in [7, 11) is 1.59. The number of nitrogens with zero attached hydrogens (tertiary/aromatic N) is 3. The molecule has 1 aromatic rings. The highest BCUT2D eigenvalue weighted by Crippen LogP contribution is 2.13. The lowest BCUT2D eigenvalue weighted by atomic mass is 10.1. The van der Waals surface area contributed by atoms with Gasteiger partial charge in [-0.25, -0.2) is 0 Å². The number of piperazine rings is 1. The van der Waals surface area contributed by atoms with Crippen LogP contribution in [0.15, 0.2) is 4.52 Å². The quantitative estimate of drug-likeness (QED) is 0.870. The molecule has 0 radical (unpaired) electrons. The first-order valence-corrected chi connectivity index (χ1v) is 7.38. The molecule has 2 rings (SSSR count). The number of aromatic nitrogens is 2. The maximum Gasteiger partial charge on any atom is 0.227 e. The summed E-state index contributed by atoms with van der Waals surface area (Å²) in [5.74, 6) is 1.14. The van der Waals surface area contributed by atoms with Gasteiger partial charge >= 0.3 is 0 Å². The fourth-order valence-electron chi connectivity index (χ4n) is 2.54. The Hall–Kier alpha value is -1.47. The van der Waals surface area contributed by atoms with Crippen LogP contribution in [0.1, 0.15) is 45.0 Å². The maximum absolute atomic E-state index is 12.2. The molecule has 0 aromatic carbocycles. The van der Waals surface area contributed by atoms with Crippen molar-refractivity contribution in [1.82, 2.24) is 20.4 Å². The van der Waals surface area contributed by atoms with Crippen LogP contribution in [-0.4, -0.2) is 53.2 Å². The molecule has 1 N–H and O–H groups in total. The smallest absolute Gasteiger partial charge is 0.227 e. The molecule has 21 heavy (non-hydrogen) atoms. The second kappa shape index (κ2) is 7.00. The number of nitrogens with one attached hydrogen (secondary N) is 1. The summed E-state index contributed by atoms with van der Waals surface area (Å²) in [5.41, 5.74) is 0. The fourth-order valence-corrected chi connectivity index (χ4v) is 2.54. The van der Waals surface area contributed by atoms with Crippen LogP contribution in [0, 0.1) is 0 Å². The molecule has 0 aliphatic carbocycles. The Morgan fingerprint density at radius 1 is 1.48 bits per heavy atom. The van der Waals surface area contributed by atoms with E-state index in [0.717, 1.165) is 13.1 Å². The van der Waals surface area contributed by atoms with E-state index < -0.39 is 0 Å². The van der Waals surface area contributed by atoms with Crippen molar-refractivity contribution in [1.29, 1.82) is 0 Å². The fraction of sp³-hybridized carbons (Fsp3) is 0.786. The Kier molecular flexibility index (Phi) is 5.30. The normalized spacial score (nSPS) is 24.1. The van der Waals surface area contributed by atoms with Crippen LogP contribution in [0.3, 0.4) is 0 Å². The molecule has 1 amide bonds. The minimum absolute atomic E-state index is 0.134. The van der Waals surface area contributed by atoms with Gasteiger partial charge in [-0.2, -0.15) is 4.98 Å². The summed E-state index contributed by atoms with van der Waals surface area (Å²) in [6, 6.07) is 0.658. The van der Waals surface area contributed by atoms with Crippen LogP contribution >= 0.6 is 0 Å². The first-order chi connectivity index (χ1) is 9.99. The van der Waals surface area contributed by atoms with E-state index in [2.05, 4.69) is 29.3 Å². The number of aryl methyl sites for hydroxylation is 1. The number of hydrogen-bond donors (Lipinski definition) is 1.